The molecule has 1 unspecified atom stereocenters. The van der Waals surface area contributed by atoms with E-state index in [1.165, 1.54) is 12.8 Å². The lowest BCUT2D eigenvalue weighted by Crippen LogP contribution is -2.26. The second-order valence-electron chi connectivity index (χ2n) is 4.17. The molecular weight excluding hydrogens is 188 g/mol. The minimum absolute atomic E-state index is 0.0889. The van der Waals surface area contributed by atoms with E-state index in [1.54, 1.807) is 0 Å². The molecule has 0 saturated heterocycles. The number of fused-ring (bicyclic) bond motifs is 1. The van der Waals surface area contributed by atoms with Gasteiger partial charge in [0.2, 0.25) is 6.29 Å². The van der Waals surface area contributed by atoms with Crippen molar-refractivity contribution in [3.8, 4) is 11.5 Å². The maximum atomic E-state index is 5.74. The van der Waals surface area contributed by atoms with Gasteiger partial charge >= 0.3 is 0 Å². The van der Waals surface area contributed by atoms with E-state index in [9.17, 15) is 0 Å². The van der Waals surface area contributed by atoms with Gasteiger partial charge in [0, 0.05) is 5.92 Å². The largest absolute Gasteiger partial charge is 0.451 e. The normalized spacial score (nSPS) is 16.7. The van der Waals surface area contributed by atoms with Gasteiger partial charge in [-0.25, -0.2) is 0 Å². The van der Waals surface area contributed by atoms with Crippen LogP contribution in [0.4, 0.5) is 0 Å². The predicted molar refractivity (Wildman–Crippen MR) is 60.2 cm³/mol. The van der Waals surface area contributed by atoms with Crippen LogP contribution in [0.5, 0.6) is 11.5 Å². The van der Waals surface area contributed by atoms with E-state index in [0.717, 1.165) is 17.9 Å². The molecule has 1 aromatic rings. The summed E-state index contributed by atoms with van der Waals surface area (Å²) >= 11 is 0. The fourth-order valence-corrected chi connectivity index (χ4v) is 1.81. The Labute approximate surface area is 91.2 Å². The van der Waals surface area contributed by atoms with Crippen LogP contribution in [-0.4, -0.2) is 6.29 Å². The second kappa shape index (κ2) is 4.56. The van der Waals surface area contributed by atoms with Gasteiger partial charge in [-0.2, -0.15) is 0 Å². The summed E-state index contributed by atoms with van der Waals surface area (Å²) in [5, 5.41) is 0. The molecule has 1 heterocycles. The van der Waals surface area contributed by atoms with Crippen LogP contribution in [0.2, 0.25) is 0 Å². The number of hydrogen-bond donors (Lipinski definition) is 0. The number of benzene rings is 1. The van der Waals surface area contributed by atoms with E-state index in [1.807, 2.05) is 24.3 Å². The van der Waals surface area contributed by atoms with Gasteiger partial charge in [0.25, 0.3) is 0 Å². The number of rotatable bonds is 4. The number of ether oxygens (including phenoxy) is 2. The summed E-state index contributed by atoms with van der Waals surface area (Å²) in [6.07, 6.45) is 3.54. The van der Waals surface area contributed by atoms with Gasteiger partial charge in [0.05, 0.1) is 0 Å². The maximum absolute atomic E-state index is 5.74. The monoisotopic (exact) mass is 206 g/mol. The zero-order valence-electron chi connectivity index (χ0n) is 9.40. The lowest BCUT2D eigenvalue weighted by atomic mass is 10.0. The summed E-state index contributed by atoms with van der Waals surface area (Å²) in [6.45, 7) is 4.39. The minimum Gasteiger partial charge on any atom is -0.451 e. The number of hydrogen-bond acceptors (Lipinski definition) is 2. The molecule has 15 heavy (non-hydrogen) atoms. The molecule has 1 aliphatic rings. The highest BCUT2D eigenvalue weighted by Gasteiger charge is 2.28. The molecule has 1 aromatic carbocycles. The Morgan fingerprint density at radius 3 is 2.33 bits per heavy atom. The first kappa shape index (κ1) is 10.3. The topological polar surface area (TPSA) is 18.5 Å². The highest BCUT2D eigenvalue weighted by Crippen LogP contribution is 2.36. The van der Waals surface area contributed by atoms with Crippen LogP contribution in [0.1, 0.15) is 33.1 Å². The Morgan fingerprint density at radius 2 is 1.80 bits per heavy atom. The van der Waals surface area contributed by atoms with Crippen molar-refractivity contribution in [1.82, 2.24) is 0 Å². The van der Waals surface area contributed by atoms with Crippen LogP contribution in [-0.2, 0) is 0 Å². The van der Waals surface area contributed by atoms with E-state index in [-0.39, 0.29) is 6.29 Å². The van der Waals surface area contributed by atoms with Gasteiger partial charge in [-0.05, 0) is 18.6 Å². The highest BCUT2D eigenvalue weighted by atomic mass is 16.7. The molecule has 82 valence electrons. The van der Waals surface area contributed by atoms with Gasteiger partial charge in [0.1, 0.15) is 0 Å². The third kappa shape index (κ3) is 2.25. The van der Waals surface area contributed by atoms with Crippen molar-refractivity contribution in [2.45, 2.75) is 39.4 Å². The molecule has 0 spiro atoms. The lowest BCUT2D eigenvalue weighted by Gasteiger charge is -2.17. The fraction of sp³-hybridized carbons (Fsp3) is 0.538. The van der Waals surface area contributed by atoms with E-state index in [0.29, 0.717) is 5.92 Å². The third-order valence-electron chi connectivity index (χ3n) is 2.81. The first-order valence-corrected chi connectivity index (χ1v) is 5.73. The van der Waals surface area contributed by atoms with Crippen LogP contribution in [0.3, 0.4) is 0 Å². The molecule has 0 aliphatic carbocycles. The van der Waals surface area contributed by atoms with Crippen molar-refractivity contribution in [2.24, 2.45) is 5.92 Å². The van der Waals surface area contributed by atoms with Crippen molar-refractivity contribution >= 4 is 0 Å². The fourth-order valence-electron chi connectivity index (χ4n) is 1.81. The van der Waals surface area contributed by atoms with Crippen molar-refractivity contribution in [3.05, 3.63) is 24.3 Å². The molecule has 2 nitrogen and oxygen atoms in total. The van der Waals surface area contributed by atoms with E-state index in [2.05, 4.69) is 13.8 Å². The highest BCUT2D eigenvalue weighted by molar-refractivity contribution is 5.41. The summed E-state index contributed by atoms with van der Waals surface area (Å²) < 4.78 is 11.5. The van der Waals surface area contributed by atoms with Crippen molar-refractivity contribution in [1.29, 1.82) is 0 Å². The molecule has 1 atom stereocenters. The van der Waals surface area contributed by atoms with Crippen LogP contribution in [0, 0.1) is 5.92 Å². The molecular formula is C13H18O2. The zero-order chi connectivity index (χ0) is 10.7. The van der Waals surface area contributed by atoms with Crippen LogP contribution in [0.25, 0.3) is 0 Å². The first-order chi connectivity index (χ1) is 7.31. The van der Waals surface area contributed by atoms with Gasteiger partial charge in [-0.1, -0.05) is 38.8 Å². The van der Waals surface area contributed by atoms with Crippen molar-refractivity contribution in [3.63, 3.8) is 0 Å². The third-order valence-corrected chi connectivity index (χ3v) is 2.81. The van der Waals surface area contributed by atoms with E-state index >= 15 is 0 Å². The minimum atomic E-state index is -0.0889. The zero-order valence-corrected chi connectivity index (χ0v) is 9.40. The van der Waals surface area contributed by atoms with Gasteiger partial charge < -0.3 is 9.47 Å². The van der Waals surface area contributed by atoms with Gasteiger partial charge in [-0.15, -0.1) is 0 Å². The number of unbranched alkanes of at least 4 members (excludes halogenated alkanes) is 1. The number of para-hydroxylation sites is 2. The molecule has 0 radical (unpaired) electrons. The van der Waals surface area contributed by atoms with Crippen LogP contribution in [0.15, 0.2) is 24.3 Å². The Bertz CT molecular complexity index is 297. The Morgan fingerprint density at radius 1 is 1.20 bits per heavy atom. The average molecular weight is 206 g/mol. The van der Waals surface area contributed by atoms with Crippen molar-refractivity contribution in [2.75, 3.05) is 0 Å². The van der Waals surface area contributed by atoms with E-state index in [4.69, 9.17) is 9.47 Å². The quantitative estimate of drug-likeness (QED) is 0.749. The summed E-state index contributed by atoms with van der Waals surface area (Å²) in [5.41, 5.74) is 0. The molecule has 0 bridgehead atoms. The molecule has 0 fully saturated rings. The average Bonchev–Trinajstić information content (AvgIpc) is 2.69. The molecule has 2 heteroatoms. The van der Waals surface area contributed by atoms with Crippen LogP contribution < -0.4 is 9.47 Å². The van der Waals surface area contributed by atoms with Gasteiger partial charge in [0.15, 0.2) is 11.5 Å². The maximum Gasteiger partial charge on any atom is 0.244 e. The summed E-state index contributed by atoms with van der Waals surface area (Å²) in [4.78, 5) is 0. The Hall–Kier alpha value is -1.18. The molecule has 0 N–H and O–H groups in total. The summed E-state index contributed by atoms with van der Waals surface area (Å²) in [6, 6.07) is 7.87. The molecule has 0 aromatic heterocycles. The first-order valence-electron chi connectivity index (χ1n) is 5.73. The van der Waals surface area contributed by atoms with Crippen molar-refractivity contribution < 1.29 is 9.47 Å². The Kier molecular flexibility index (Phi) is 3.14. The summed E-state index contributed by atoms with van der Waals surface area (Å²) in [5.74, 6) is 2.22. The summed E-state index contributed by atoms with van der Waals surface area (Å²) in [7, 11) is 0. The van der Waals surface area contributed by atoms with Gasteiger partial charge in [-0.3, -0.25) is 0 Å². The van der Waals surface area contributed by atoms with Crippen LogP contribution >= 0.6 is 0 Å². The lowest BCUT2D eigenvalue weighted by molar-refractivity contribution is -0.00102. The second-order valence-corrected chi connectivity index (χ2v) is 4.17. The smallest absolute Gasteiger partial charge is 0.244 e. The molecule has 0 saturated carbocycles. The van der Waals surface area contributed by atoms with E-state index < -0.39 is 0 Å². The molecule has 1 aliphatic heterocycles. The molecule has 0 amide bonds. The predicted octanol–water partition coefficient (Wildman–Crippen LogP) is 3.61. The Balaban J connectivity index is 1.94. The molecule has 2 rings (SSSR count). The SMILES string of the molecule is CCCCC(C)C1Oc2ccccc2O1. The standard InChI is InChI=1S/C13H18O2/c1-3-4-7-10(2)13-14-11-8-5-6-9-12(11)15-13/h5-6,8-10,13H,3-4,7H2,1-2H3.